The Kier molecular flexibility index (Phi) is 5.16. The molecule has 0 saturated carbocycles. The lowest BCUT2D eigenvalue weighted by atomic mass is 9.88. The maximum atomic E-state index is 12.9. The first-order valence-electron chi connectivity index (χ1n) is 7.73. The number of anilines is 1. The van der Waals surface area contributed by atoms with E-state index in [1.807, 2.05) is 0 Å². The van der Waals surface area contributed by atoms with E-state index in [1.54, 1.807) is 19.2 Å². The van der Waals surface area contributed by atoms with Crippen LogP contribution in [-0.2, 0) is 22.9 Å². The van der Waals surface area contributed by atoms with Gasteiger partial charge in [-0.05, 0) is 55.2 Å². The molecule has 0 saturated heterocycles. The normalized spacial score (nSPS) is 17.0. The van der Waals surface area contributed by atoms with Crippen LogP contribution in [0.5, 0.6) is 5.75 Å². The van der Waals surface area contributed by atoms with Crippen molar-refractivity contribution < 1.29 is 13.2 Å². The number of hydrogen-bond donors (Lipinski definition) is 2. The molecular weight excluding hydrogens is 383 g/mol. The third-order valence-electron chi connectivity index (χ3n) is 4.20. The number of ether oxygens (including phenoxy) is 1. The van der Waals surface area contributed by atoms with Crippen molar-refractivity contribution in [3.63, 3.8) is 0 Å². The lowest BCUT2D eigenvalue weighted by molar-refractivity contribution is 0.402. The number of nitrogens with two attached hydrogens (primary N) is 1. The van der Waals surface area contributed by atoms with Gasteiger partial charge in [0.2, 0.25) is 0 Å². The lowest BCUT2D eigenvalue weighted by Gasteiger charge is -2.25. The molecule has 0 spiro atoms. The van der Waals surface area contributed by atoms with Crippen LogP contribution in [0.1, 0.15) is 17.5 Å². The van der Waals surface area contributed by atoms with E-state index in [9.17, 15) is 8.42 Å². The largest absolute Gasteiger partial charge is 0.496 e. The van der Waals surface area contributed by atoms with Gasteiger partial charge in [0, 0.05) is 21.7 Å². The van der Waals surface area contributed by atoms with Crippen LogP contribution in [0, 0.1) is 0 Å². The summed E-state index contributed by atoms with van der Waals surface area (Å²) in [5, 5.41) is 0.709. The topological polar surface area (TPSA) is 81.4 Å². The van der Waals surface area contributed by atoms with E-state index in [1.165, 1.54) is 18.2 Å². The van der Waals surface area contributed by atoms with Crippen molar-refractivity contribution in [1.29, 1.82) is 0 Å². The number of methoxy groups -OCH3 is 1. The highest BCUT2D eigenvalue weighted by Gasteiger charge is 2.27. The highest BCUT2D eigenvalue weighted by atomic mass is 35.5. The Labute approximate surface area is 157 Å². The van der Waals surface area contributed by atoms with Crippen molar-refractivity contribution in [2.24, 2.45) is 5.73 Å². The lowest BCUT2D eigenvalue weighted by Crippen LogP contribution is -2.29. The van der Waals surface area contributed by atoms with Crippen LogP contribution in [0.25, 0.3) is 0 Å². The van der Waals surface area contributed by atoms with Crippen LogP contribution in [0.2, 0.25) is 10.0 Å². The zero-order valence-corrected chi connectivity index (χ0v) is 15.9. The van der Waals surface area contributed by atoms with Gasteiger partial charge in [-0.3, -0.25) is 4.72 Å². The maximum absolute atomic E-state index is 12.9. The van der Waals surface area contributed by atoms with Gasteiger partial charge in [-0.25, -0.2) is 8.42 Å². The van der Waals surface area contributed by atoms with Gasteiger partial charge in [0.05, 0.1) is 17.7 Å². The summed E-state index contributed by atoms with van der Waals surface area (Å²) in [4.78, 5) is 0.228. The average Bonchev–Trinajstić information content (AvgIpc) is 2.52. The fourth-order valence-electron chi connectivity index (χ4n) is 3.11. The number of halogens is 2. The Hall–Kier alpha value is -1.47. The number of benzene rings is 2. The van der Waals surface area contributed by atoms with Crippen molar-refractivity contribution >= 4 is 38.9 Å². The highest BCUT2D eigenvalue weighted by molar-refractivity contribution is 7.92. The molecule has 2 aromatic rings. The Morgan fingerprint density at radius 3 is 2.48 bits per heavy atom. The summed E-state index contributed by atoms with van der Waals surface area (Å²) in [5.74, 6) is 0.662. The molecule has 25 heavy (non-hydrogen) atoms. The fourth-order valence-corrected chi connectivity index (χ4v) is 4.97. The van der Waals surface area contributed by atoms with Gasteiger partial charge in [0.15, 0.2) is 0 Å². The molecule has 0 fully saturated rings. The van der Waals surface area contributed by atoms with E-state index in [0.717, 1.165) is 17.5 Å². The van der Waals surface area contributed by atoms with Gasteiger partial charge in [-0.15, -0.1) is 0 Å². The van der Waals surface area contributed by atoms with Crippen LogP contribution >= 0.6 is 23.2 Å². The predicted octanol–water partition coefficient (Wildman–Crippen LogP) is 3.62. The second kappa shape index (κ2) is 7.03. The van der Waals surface area contributed by atoms with Gasteiger partial charge in [0.25, 0.3) is 10.0 Å². The van der Waals surface area contributed by atoms with Crippen molar-refractivity contribution in [3.05, 3.63) is 51.5 Å². The molecule has 3 N–H and O–H groups in total. The zero-order chi connectivity index (χ0) is 18.2. The molecular formula is C17H18Cl2N2O3S. The zero-order valence-electron chi connectivity index (χ0n) is 13.6. The van der Waals surface area contributed by atoms with Crippen molar-refractivity contribution in [2.75, 3.05) is 11.8 Å². The third kappa shape index (κ3) is 3.87. The molecule has 1 atom stereocenters. The van der Waals surface area contributed by atoms with Gasteiger partial charge in [0.1, 0.15) is 5.75 Å². The summed E-state index contributed by atoms with van der Waals surface area (Å²) in [7, 11) is -2.23. The maximum Gasteiger partial charge on any atom is 0.262 e. The predicted molar refractivity (Wildman–Crippen MR) is 100 cm³/mol. The van der Waals surface area contributed by atoms with Gasteiger partial charge in [-0.1, -0.05) is 23.2 Å². The summed E-state index contributed by atoms with van der Waals surface area (Å²) in [6, 6.07) is 7.78. The Morgan fingerprint density at radius 2 is 1.84 bits per heavy atom. The van der Waals surface area contributed by atoms with Crippen LogP contribution in [-0.4, -0.2) is 21.6 Å². The standard InChI is InChI=1S/C17H18Cl2N2O3S/c1-24-16-4-5-17(14-3-2-12(20)9-15(14)16)25(22,23)21-13-7-10(18)6-11(19)8-13/h4-8,12,21H,2-3,9,20H2,1H3. The minimum atomic E-state index is -3.79. The molecule has 2 aromatic carbocycles. The number of rotatable bonds is 4. The minimum Gasteiger partial charge on any atom is -0.496 e. The molecule has 1 unspecified atom stereocenters. The van der Waals surface area contributed by atoms with Gasteiger partial charge >= 0.3 is 0 Å². The van der Waals surface area contributed by atoms with Crippen LogP contribution in [0.4, 0.5) is 5.69 Å². The van der Waals surface area contributed by atoms with Crippen LogP contribution in [0.15, 0.2) is 35.2 Å². The van der Waals surface area contributed by atoms with Crippen molar-refractivity contribution in [3.8, 4) is 5.75 Å². The summed E-state index contributed by atoms with van der Waals surface area (Å²) >= 11 is 11.9. The summed E-state index contributed by atoms with van der Waals surface area (Å²) in [5.41, 5.74) is 7.96. The van der Waals surface area contributed by atoms with E-state index >= 15 is 0 Å². The molecule has 1 aliphatic rings. The van der Waals surface area contributed by atoms with E-state index < -0.39 is 10.0 Å². The van der Waals surface area contributed by atoms with E-state index in [-0.39, 0.29) is 10.9 Å². The smallest absolute Gasteiger partial charge is 0.262 e. The molecule has 5 nitrogen and oxygen atoms in total. The molecule has 8 heteroatoms. The minimum absolute atomic E-state index is 0.000880. The first-order chi connectivity index (χ1) is 11.8. The molecule has 0 bridgehead atoms. The highest BCUT2D eigenvalue weighted by Crippen LogP contribution is 2.35. The van der Waals surface area contributed by atoms with Gasteiger partial charge < -0.3 is 10.5 Å². The monoisotopic (exact) mass is 400 g/mol. The molecule has 0 radical (unpaired) electrons. The third-order valence-corrected chi connectivity index (χ3v) is 6.10. The van der Waals surface area contributed by atoms with E-state index in [4.69, 9.17) is 33.7 Å². The second-order valence-corrected chi connectivity index (χ2v) is 8.51. The fraction of sp³-hybridized carbons (Fsp3) is 0.294. The molecule has 0 aliphatic heterocycles. The molecule has 0 heterocycles. The van der Waals surface area contributed by atoms with Crippen LogP contribution in [0.3, 0.4) is 0 Å². The molecule has 0 amide bonds. The summed E-state index contributed by atoms with van der Waals surface area (Å²) in [6.45, 7) is 0. The number of hydrogen-bond acceptors (Lipinski definition) is 4. The van der Waals surface area contributed by atoms with Crippen molar-refractivity contribution in [2.45, 2.75) is 30.2 Å². The number of sulfonamides is 1. The quantitative estimate of drug-likeness (QED) is 0.820. The molecule has 3 rings (SSSR count). The molecule has 1 aliphatic carbocycles. The van der Waals surface area contributed by atoms with Crippen LogP contribution < -0.4 is 15.2 Å². The molecule has 0 aromatic heterocycles. The Balaban J connectivity index is 2.04. The first-order valence-corrected chi connectivity index (χ1v) is 9.97. The van der Waals surface area contributed by atoms with Gasteiger partial charge in [-0.2, -0.15) is 0 Å². The van der Waals surface area contributed by atoms with E-state index in [0.29, 0.717) is 34.3 Å². The number of nitrogens with one attached hydrogen (secondary N) is 1. The van der Waals surface area contributed by atoms with E-state index in [2.05, 4.69) is 4.72 Å². The summed E-state index contributed by atoms with van der Waals surface area (Å²) < 4.78 is 33.7. The van der Waals surface area contributed by atoms with Crippen molar-refractivity contribution in [1.82, 2.24) is 0 Å². The molecule has 134 valence electrons. The SMILES string of the molecule is COc1ccc(S(=O)(=O)Nc2cc(Cl)cc(Cl)c2)c2c1CC(N)CC2. The Bertz CT molecular complexity index is 896. The summed E-state index contributed by atoms with van der Waals surface area (Å²) in [6.07, 6.45) is 1.90. The number of fused-ring (bicyclic) bond motifs is 1. The first kappa shape index (κ1) is 18.3. The average molecular weight is 401 g/mol. The second-order valence-electron chi connectivity index (χ2n) is 5.99. The Morgan fingerprint density at radius 1 is 1.16 bits per heavy atom.